The van der Waals surface area contributed by atoms with Crippen LogP contribution in [0.1, 0.15) is 36.1 Å². The van der Waals surface area contributed by atoms with Crippen LogP contribution in [-0.2, 0) is 0 Å². The summed E-state index contributed by atoms with van der Waals surface area (Å²) in [7, 11) is 0. The van der Waals surface area contributed by atoms with Crippen LogP contribution < -0.4 is 0 Å². The molecule has 3 rings (SSSR count). The van der Waals surface area contributed by atoms with Gasteiger partial charge < -0.3 is 0 Å². The third-order valence-corrected chi connectivity index (χ3v) is 5.77. The third-order valence-electron chi connectivity index (χ3n) is 3.43. The molecule has 2 heteroatoms. The Bertz CT molecular complexity index is 502. The van der Waals surface area contributed by atoms with Crippen LogP contribution in [0, 0.1) is 0 Å². The lowest BCUT2D eigenvalue weighted by Gasteiger charge is -2.18. The van der Waals surface area contributed by atoms with Crippen molar-refractivity contribution >= 4 is 33.8 Å². The van der Waals surface area contributed by atoms with E-state index in [4.69, 9.17) is 0 Å². The summed E-state index contributed by atoms with van der Waals surface area (Å²) in [6, 6.07) is 6.54. The predicted molar refractivity (Wildman–Crippen MR) is 80.3 cm³/mol. The second-order valence-electron chi connectivity index (χ2n) is 4.69. The number of benzene rings is 1. The van der Waals surface area contributed by atoms with Crippen molar-refractivity contribution in [3.05, 3.63) is 51.5 Å². The number of hydrogen-bond acceptors (Lipinski definition) is 1. The molecule has 2 atom stereocenters. The molecule has 0 N–H and O–H groups in total. The van der Waals surface area contributed by atoms with Crippen molar-refractivity contribution < 1.29 is 0 Å². The van der Waals surface area contributed by atoms with E-state index in [0.29, 0.717) is 10.5 Å². The Kier molecular flexibility index (Phi) is 3.18. The van der Waals surface area contributed by atoms with E-state index in [1.54, 1.807) is 0 Å². The fraction of sp³-hybridized carbons (Fsp3) is 0.333. The molecule has 17 heavy (non-hydrogen) atoms. The molecular weight excluding hydrogens is 292 g/mol. The maximum absolute atomic E-state index is 3.65. The minimum absolute atomic E-state index is 0.551. The van der Waals surface area contributed by atoms with Crippen molar-refractivity contribution in [2.45, 2.75) is 30.3 Å². The molecule has 2 unspecified atom stereocenters. The summed E-state index contributed by atoms with van der Waals surface area (Å²) in [6.45, 7) is 2.25. The average molecular weight is 307 g/mol. The number of allylic oxidation sites excluding steroid dienone is 1. The van der Waals surface area contributed by atoms with Crippen LogP contribution >= 0.6 is 27.7 Å². The summed E-state index contributed by atoms with van der Waals surface area (Å²) >= 11 is 5.75. The molecule has 2 aliphatic carbocycles. The molecule has 0 nitrogen and oxygen atoms in total. The number of hydrogen-bond donors (Lipinski definition) is 0. The van der Waals surface area contributed by atoms with E-state index in [0.717, 1.165) is 0 Å². The molecule has 1 aromatic carbocycles. The van der Waals surface area contributed by atoms with Crippen molar-refractivity contribution in [2.75, 3.05) is 0 Å². The fourth-order valence-electron chi connectivity index (χ4n) is 2.56. The first kappa shape index (κ1) is 11.6. The molecule has 0 radical (unpaired) electrons. The fourth-order valence-corrected chi connectivity index (χ4v) is 4.51. The first-order valence-corrected chi connectivity index (χ1v) is 7.78. The van der Waals surface area contributed by atoms with Gasteiger partial charge in [0, 0.05) is 9.72 Å². The molecule has 0 fully saturated rings. The predicted octanol–water partition coefficient (Wildman–Crippen LogP) is 5.36. The van der Waals surface area contributed by atoms with Crippen molar-refractivity contribution in [1.82, 2.24) is 0 Å². The van der Waals surface area contributed by atoms with Crippen molar-refractivity contribution in [3.63, 3.8) is 0 Å². The highest BCUT2D eigenvalue weighted by Gasteiger charge is 2.27. The summed E-state index contributed by atoms with van der Waals surface area (Å²) in [4.78, 5) is 0. The molecule has 0 heterocycles. The van der Waals surface area contributed by atoms with Gasteiger partial charge in [-0.15, -0.1) is 11.8 Å². The maximum Gasteiger partial charge on any atom is 0.0519 e. The summed E-state index contributed by atoms with van der Waals surface area (Å²) < 4.78 is 1.22. The van der Waals surface area contributed by atoms with Gasteiger partial charge in [-0.05, 0) is 37.0 Å². The molecule has 0 spiro atoms. The number of halogens is 1. The van der Waals surface area contributed by atoms with E-state index >= 15 is 0 Å². The van der Waals surface area contributed by atoms with Gasteiger partial charge in [0.2, 0.25) is 0 Å². The third kappa shape index (κ3) is 2.13. The SMILES string of the molecule is CC1=Cc2c(Br)cccc2C1SC1C=CCC1. The quantitative estimate of drug-likeness (QED) is 0.663. The largest absolute Gasteiger partial charge is 0.142 e. The van der Waals surface area contributed by atoms with Gasteiger partial charge >= 0.3 is 0 Å². The molecule has 0 amide bonds. The number of rotatable bonds is 2. The van der Waals surface area contributed by atoms with E-state index in [-0.39, 0.29) is 0 Å². The van der Waals surface area contributed by atoms with E-state index in [1.807, 2.05) is 0 Å². The molecule has 0 saturated heterocycles. The van der Waals surface area contributed by atoms with Crippen LogP contribution in [0.15, 0.2) is 40.4 Å². The molecule has 0 aromatic heterocycles. The van der Waals surface area contributed by atoms with Crippen molar-refractivity contribution in [3.8, 4) is 0 Å². The Balaban J connectivity index is 1.90. The van der Waals surface area contributed by atoms with Gasteiger partial charge in [0.1, 0.15) is 0 Å². The van der Waals surface area contributed by atoms with Gasteiger partial charge in [0.25, 0.3) is 0 Å². The van der Waals surface area contributed by atoms with Crippen LogP contribution in [0.25, 0.3) is 6.08 Å². The zero-order valence-electron chi connectivity index (χ0n) is 9.82. The van der Waals surface area contributed by atoms with Crippen LogP contribution in [0.4, 0.5) is 0 Å². The highest BCUT2D eigenvalue weighted by atomic mass is 79.9. The van der Waals surface area contributed by atoms with Gasteiger partial charge in [-0.3, -0.25) is 0 Å². The first-order chi connectivity index (χ1) is 8.25. The molecule has 88 valence electrons. The Morgan fingerprint density at radius 2 is 2.24 bits per heavy atom. The van der Waals surface area contributed by atoms with Crippen LogP contribution in [0.3, 0.4) is 0 Å². The molecule has 0 aliphatic heterocycles. The lowest BCUT2D eigenvalue weighted by molar-refractivity contribution is 0.937. The van der Waals surface area contributed by atoms with Crippen molar-refractivity contribution in [2.24, 2.45) is 0 Å². The first-order valence-electron chi connectivity index (χ1n) is 6.04. The minimum atomic E-state index is 0.551. The maximum atomic E-state index is 3.65. The normalized spacial score (nSPS) is 26.1. The Labute approximate surface area is 115 Å². The van der Waals surface area contributed by atoms with Gasteiger partial charge in [0.15, 0.2) is 0 Å². The zero-order chi connectivity index (χ0) is 11.8. The summed E-state index contributed by atoms with van der Waals surface area (Å²) in [5.41, 5.74) is 4.34. The monoisotopic (exact) mass is 306 g/mol. The smallest absolute Gasteiger partial charge is 0.0519 e. The van der Waals surface area contributed by atoms with E-state index in [2.05, 4.69) is 71.0 Å². The molecule has 2 aliphatic rings. The number of fused-ring (bicyclic) bond motifs is 1. The average Bonchev–Trinajstić information content (AvgIpc) is 2.91. The molecule has 0 bridgehead atoms. The summed E-state index contributed by atoms with van der Waals surface area (Å²) in [5, 5.41) is 1.25. The van der Waals surface area contributed by atoms with Gasteiger partial charge in [-0.25, -0.2) is 0 Å². The summed E-state index contributed by atoms with van der Waals surface area (Å²) in [5.74, 6) is 0. The Morgan fingerprint density at radius 1 is 1.35 bits per heavy atom. The van der Waals surface area contributed by atoms with Gasteiger partial charge in [-0.2, -0.15) is 0 Å². The van der Waals surface area contributed by atoms with Crippen LogP contribution in [0.2, 0.25) is 0 Å². The minimum Gasteiger partial charge on any atom is -0.142 e. The second-order valence-corrected chi connectivity index (χ2v) is 6.89. The number of thioether (sulfide) groups is 1. The van der Waals surface area contributed by atoms with E-state index in [1.165, 1.54) is 34.0 Å². The van der Waals surface area contributed by atoms with E-state index < -0.39 is 0 Å². The molecule has 0 saturated carbocycles. The van der Waals surface area contributed by atoms with Gasteiger partial charge in [0.05, 0.1) is 5.25 Å². The van der Waals surface area contributed by atoms with Crippen molar-refractivity contribution in [1.29, 1.82) is 0 Å². The van der Waals surface area contributed by atoms with E-state index in [9.17, 15) is 0 Å². The summed E-state index contributed by atoms with van der Waals surface area (Å²) in [6.07, 6.45) is 9.56. The zero-order valence-corrected chi connectivity index (χ0v) is 12.2. The molecular formula is C15H15BrS. The Morgan fingerprint density at radius 3 is 3.00 bits per heavy atom. The molecule has 1 aromatic rings. The topological polar surface area (TPSA) is 0 Å². The highest BCUT2D eigenvalue weighted by molar-refractivity contribution is 9.10. The van der Waals surface area contributed by atoms with Crippen LogP contribution in [-0.4, -0.2) is 5.25 Å². The lowest BCUT2D eigenvalue weighted by atomic mass is 10.1. The van der Waals surface area contributed by atoms with Crippen LogP contribution in [0.5, 0.6) is 0 Å². The highest BCUT2D eigenvalue weighted by Crippen LogP contribution is 2.48. The lowest BCUT2D eigenvalue weighted by Crippen LogP contribution is -2.00. The standard InChI is InChI=1S/C15H15BrS/c1-10-9-13-12(7-4-8-14(13)16)15(10)17-11-5-2-3-6-11/h2,4-5,7-9,11,15H,3,6H2,1H3. The second kappa shape index (κ2) is 4.66. The Hall–Kier alpha value is -0.470. The van der Waals surface area contributed by atoms with Gasteiger partial charge in [-0.1, -0.05) is 51.9 Å².